The Balaban J connectivity index is 1.38. The maximum atomic E-state index is 13.5. The first-order chi connectivity index (χ1) is 14.7. The highest BCUT2D eigenvalue weighted by Gasteiger charge is 2.37. The molecule has 5 rings (SSSR count). The quantitative estimate of drug-likeness (QED) is 0.820. The van der Waals surface area contributed by atoms with Gasteiger partial charge in [0.2, 0.25) is 5.91 Å². The van der Waals surface area contributed by atoms with Gasteiger partial charge in [0.15, 0.2) is 0 Å². The minimum atomic E-state index is -0.0503. The van der Waals surface area contributed by atoms with E-state index in [2.05, 4.69) is 41.0 Å². The lowest BCUT2D eigenvalue weighted by molar-refractivity contribution is -0.123. The third-order valence-corrected chi connectivity index (χ3v) is 6.71. The lowest BCUT2D eigenvalue weighted by Gasteiger charge is -2.39. The third-order valence-electron chi connectivity index (χ3n) is 6.71. The van der Waals surface area contributed by atoms with Crippen LogP contribution < -0.4 is 10.6 Å². The van der Waals surface area contributed by atoms with Crippen LogP contribution in [0.3, 0.4) is 0 Å². The predicted octanol–water partition coefficient (Wildman–Crippen LogP) is 3.57. The molecular formula is C25H29N3O2. The number of rotatable bonds is 4. The maximum Gasteiger partial charge on any atom is 0.256 e. The number of para-hydroxylation sites is 1. The van der Waals surface area contributed by atoms with Crippen molar-refractivity contribution in [2.45, 2.75) is 44.1 Å². The van der Waals surface area contributed by atoms with E-state index in [1.807, 2.05) is 23.1 Å². The molecule has 1 saturated carbocycles. The molecule has 2 aromatic carbocycles. The van der Waals surface area contributed by atoms with Crippen LogP contribution in [0.4, 0.5) is 5.69 Å². The molecular weight excluding hydrogens is 374 g/mol. The van der Waals surface area contributed by atoms with Crippen molar-refractivity contribution in [2.75, 3.05) is 25.0 Å². The van der Waals surface area contributed by atoms with E-state index in [0.717, 1.165) is 49.9 Å². The average Bonchev–Trinajstić information content (AvgIpc) is 3.64. The van der Waals surface area contributed by atoms with Gasteiger partial charge in [0.05, 0.1) is 17.3 Å². The molecule has 1 aliphatic carbocycles. The second-order valence-electron chi connectivity index (χ2n) is 8.82. The number of benzene rings is 2. The average molecular weight is 404 g/mol. The van der Waals surface area contributed by atoms with Gasteiger partial charge in [0, 0.05) is 31.5 Å². The molecule has 0 aromatic heterocycles. The lowest BCUT2D eigenvalue weighted by Crippen LogP contribution is -2.53. The van der Waals surface area contributed by atoms with Gasteiger partial charge < -0.3 is 15.5 Å². The smallest absolute Gasteiger partial charge is 0.256 e. The maximum absolute atomic E-state index is 13.5. The molecule has 0 bridgehead atoms. The van der Waals surface area contributed by atoms with Crippen molar-refractivity contribution < 1.29 is 9.59 Å². The monoisotopic (exact) mass is 403 g/mol. The molecule has 1 saturated heterocycles. The number of carbonyl (C=O) groups excluding carboxylic acids is 2. The number of likely N-dealkylation sites (tertiary alicyclic amines) is 1. The van der Waals surface area contributed by atoms with Gasteiger partial charge in [-0.1, -0.05) is 42.5 Å². The second kappa shape index (κ2) is 8.13. The Labute approximate surface area is 177 Å². The first-order valence-corrected chi connectivity index (χ1v) is 11.2. The van der Waals surface area contributed by atoms with Crippen LogP contribution in [-0.4, -0.2) is 42.4 Å². The van der Waals surface area contributed by atoms with Crippen molar-refractivity contribution in [2.24, 2.45) is 5.92 Å². The lowest BCUT2D eigenvalue weighted by atomic mass is 9.84. The Morgan fingerprint density at radius 1 is 1.00 bits per heavy atom. The van der Waals surface area contributed by atoms with E-state index in [-0.39, 0.29) is 29.7 Å². The number of hydrogen-bond donors (Lipinski definition) is 2. The Morgan fingerprint density at radius 2 is 1.83 bits per heavy atom. The molecule has 5 nitrogen and oxygen atoms in total. The Hall–Kier alpha value is -2.82. The van der Waals surface area contributed by atoms with E-state index in [9.17, 15) is 9.59 Å². The Kier molecular flexibility index (Phi) is 5.19. The number of amides is 2. The zero-order valence-electron chi connectivity index (χ0n) is 17.3. The topological polar surface area (TPSA) is 61.4 Å². The summed E-state index contributed by atoms with van der Waals surface area (Å²) in [5.41, 5.74) is 4.23. The van der Waals surface area contributed by atoms with E-state index in [1.54, 1.807) is 0 Å². The van der Waals surface area contributed by atoms with E-state index in [4.69, 9.17) is 0 Å². The van der Waals surface area contributed by atoms with E-state index < -0.39 is 0 Å². The first-order valence-electron chi connectivity index (χ1n) is 11.2. The molecule has 2 fully saturated rings. The zero-order chi connectivity index (χ0) is 20.5. The molecule has 2 N–H and O–H groups in total. The van der Waals surface area contributed by atoms with E-state index >= 15 is 0 Å². The summed E-state index contributed by atoms with van der Waals surface area (Å²) in [7, 11) is 0. The summed E-state index contributed by atoms with van der Waals surface area (Å²) in [6, 6.07) is 16.4. The highest BCUT2D eigenvalue weighted by molar-refractivity contribution is 6.00. The van der Waals surface area contributed by atoms with Crippen LogP contribution in [0.1, 0.15) is 53.1 Å². The van der Waals surface area contributed by atoms with Gasteiger partial charge in [-0.25, -0.2) is 0 Å². The SMILES string of the molecule is O=C(N[C@H]1CN(C(=O)c2cccc3c2NCCC3)CC[C@H]1c1ccccc1)C1CC1. The van der Waals surface area contributed by atoms with Gasteiger partial charge in [-0.15, -0.1) is 0 Å². The van der Waals surface area contributed by atoms with Gasteiger partial charge in [-0.2, -0.15) is 0 Å². The molecule has 0 radical (unpaired) electrons. The fourth-order valence-corrected chi connectivity index (χ4v) is 4.89. The number of nitrogens with zero attached hydrogens (tertiary/aromatic N) is 1. The largest absolute Gasteiger partial charge is 0.384 e. The Morgan fingerprint density at radius 3 is 2.63 bits per heavy atom. The molecule has 2 amide bonds. The zero-order valence-corrected chi connectivity index (χ0v) is 17.3. The van der Waals surface area contributed by atoms with Crippen LogP contribution in [-0.2, 0) is 11.2 Å². The summed E-state index contributed by atoms with van der Waals surface area (Å²) >= 11 is 0. The van der Waals surface area contributed by atoms with Crippen molar-refractivity contribution in [1.29, 1.82) is 0 Å². The van der Waals surface area contributed by atoms with Crippen LogP contribution in [0, 0.1) is 5.92 Å². The van der Waals surface area contributed by atoms with Crippen LogP contribution >= 0.6 is 0 Å². The normalized spacial score (nSPS) is 23.3. The molecule has 5 heteroatoms. The molecule has 3 aliphatic rings. The number of nitrogens with one attached hydrogen (secondary N) is 2. The molecule has 156 valence electrons. The molecule has 2 aliphatic heterocycles. The number of hydrogen-bond acceptors (Lipinski definition) is 3. The summed E-state index contributed by atoms with van der Waals surface area (Å²) in [4.78, 5) is 28.0. The number of fused-ring (bicyclic) bond motifs is 1. The van der Waals surface area contributed by atoms with Crippen LogP contribution in [0.25, 0.3) is 0 Å². The van der Waals surface area contributed by atoms with E-state index in [1.165, 1.54) is 11.1 Å². The third kappa shape index (κ3) is 3.81. The predicted molar refractivity (Wildman–Crippen MR) is 118 cm³/mol. The van der Waals surface area contributed by atoms with Crippen molar-refractivity contribution in [3.63, 3.8) is 0 Å². The van der Waals surface area contributed by atoms with Crippen LogP contribution in [0.15, 0.2) is 48.5 Å². The highest BCUT2D eigenvalue weighted by atomic mass is 16.2. The van der Waals surface area contributed by atoms with E-state index in [0.29, 0.717) is 13.1 Å². The van der Waals surface area contributed by atoms with Crippen LogP contribution in [0.2, 0.25) is 0 Å². The molecule has 2 atom stereocenters. The fourth-order valence-electron chi connectivity index (χ4n) is 4.89. The summed E-state index contributed by atoms with van der Waals surface area (Å²) in [6.07, 6.45) is 4.94. The molecule has 30 heavy (non-hydrogen) atoms. The second-order valence-corrected chi connectivity index (χ2v) is 8.82. The number of piperidine rings is 1. The van der Waals surface area contributed by atoms with Gasteiger partial charge in [-0.3, -0.25) is 9.59 Å². The number of carbonyl (C=O) groups is 2. The minimum Gasteiger partial charge on any atom is -0.384 e. The van der Waals surface area contributed by atoms with Gasteiger partial charge in [0.1, 0.15) is 0 Å². The summed E-state index contributed by atoms with van der Waals surface area (Å²) in [5, 5.41) is 6.71. The van der Waals surface area contributed by atoms with Crippen molar-refractivity contribution in [3.8, 4) is 0 Å². The molecule has 0 unspecified atom stereocenters. The van der Waals surface area contributed by atoms with Crippen molar-refractivity contribution in [1.82, 2.24) is 10.2 Å². The molecule has 0 spiro atoms. The standard InChI is InChI=1S/C25H29N3O2/c29-24(19-11-12-19)27-22-16-28(15-13-20(22)17-6-2-1-3-7-17)25(30)21-10-4-8-18-9-5-14-26-23(18)21/h1-4,6-8,10,19-20,22,26H,5,9,11-16H2,(H,27,29)/t20-,22-/m0/s1. The Bertz CT molecular complexity index is 939. The molecule has 2 aromatic rings. The van der Waals surface area contributed by atoms with Gasteiger partial charge >= 0.3 is 0 Å². The minimum absolute atomic E-state index is 0.0503. The fraction of sp³-hybridized carbons (Fsp3) is 0.440. The summed E-state index contributed by atoms with van der Waals surface area (Å²) < 4.78 is 0. The van der Waals surface area contributed by atoms with Gasteiger partial charge in [-0.05, 0) is 49.3 Å². The van der Waals surface area contributed by atoms with Crippen molar-refractivity contribution >= 4 is 17.5 Å². The van der Waals surface area contributed by atoms with Crippen molar-refractivity contribution in [3.05, 3.63) is 65.2 Å². The molecule has 2 heterocycles. The number of aryl methyl sites for hydroxylation is 1. The summed E-state index contributed by atoms with van der Waals surface area (Å²) in [5.74, 6) is 0.617. The number of anilines is 1. The first kappa shape index (κ1) is 19.2. The van der Waals surface area contributed by atoms with Gasteiger partial charge in [0.25, 0.3) is 5.91 Å². The van der Waals surface area contributed by atoms with Crippen LogP contribution in [0.5, 0.6) is 0 Å². The highest BCUT2D eigenvalue weighted by Crippen LogP contribution is 2.34. The summed E-state index contributed by atoms with van der Waals surface area (Å²) in [6.45, 7) is 2.17.